The third kappa shape index (κ3) is 3.25. The van der Waals surface area contributed by atoms with Gasteiger partial charge in [0, 0.05) is 17.9 Å². The zero-order valence-corrected chi connectivity index (χ0v) is 12.5. The summed E-state index contributed by atoms with van der Waals surface area (Å²) in [5.74, 6) is -0.749. The summed E-state index contributed by atoms with van der Waals surface area (Å²) in [6.45, 7) is 6.43. The molecule has 0 heterocycles. The summed E-state index contributed by atoms with van der Waals surface area (Å²) in [7, 11) is 1.22. The Hall–Kier alpha value is -1.68. The van der Waals surface area contributed by atoms with Crippen LogP contribution in [0, 0.1) is 5.41 Å². The Morgan fingerprint density at radius 1 is 1.55 bits per heavy atom. The molecule has 0 saturated heterocycles. The lowest BCUT2D eigenvalue weighted by atomic mass is 9.64. The summed E-state index contributed by atoms with van der Waals surface area (Å²) in [6, 6.07) is -0.598. The maximum Gasteiger partial charge on any atom is 0.330 e. The largest absolute Gasteiger partial charge is 0.466 e. The van der Waals surface area contributed by atoms with Crippen molar-refractivity contribution in [3.8, 4) is 0 Å². The van der Waals surface area contributed by atoms with Crippen molar-refractivity contribution in [3.63, 3.8) is 0 Å². The van der Waals surface area contributed by atoms with Crippen LogP contribution < -0.4 is 0 Å². The quantitative estimate of drug-likeness (QED) is 0.489. The molecular formula is C16H22O4. The van der Waals surface area contributed by atoms with E-state index in [2.05, 4.69) is 4.74 Å². The second kappa shape index (κ2) is 5.75. The lowest BCUT2D eigenvalue weighted by Crippen LogP contribution is -2.48. The predicted molar refractivity (Wildman–Crippen MR) is 77.0 cm³/mol. The molecule has 1 N–H and O–H groups in total. The molecule has 0 aromatic carbocycles. The molecule has 0 saturated carbocycles. The highest BCUT2D eigenvalue weighted by molar-refractivity contribution is 5.92. The molecule has 0 bridgehead atoms. The van der Waals surface area contributed by atoms with Crippen molar-refractivity contribution in [3.05, 3.63) is 35.4 Å². The van der Waals surface area contributed by atoms with Crippen molar-refractivity contribution in [2.45, 2.75) is 39.7 Å². The van der Waals surface area contributed by atoms with Gasteiger partial charge in [-0.05, 0) is 37.1 Å². The van der Waals surface area contributed by atoms with Crippen LogP contribution in [0.5, 0.6) is 0 Å². The van der Waals surface area contributed by atoms with Gasteiger partial charge >= 0.3 is 5.97 Å². The van der Waals surface area contributed by atoms with Crippen molar-refractivity contribution in [1.29, 1.82) is 0 Å². The summed E-state index contributed by atoms with van der Waals surface area (Å²) in [6.07, 6.45) is 2.49. The van der Waals surface area contributed by atoms with E-state index in [4.69, 9.17) is 2.74 Å². The van der Waals surface area contributed by atoms with Crippen molar-refractivity contribution in [2.24, 2.45) is 5.41 Å². The minimum Gasteiger partial charge on any atom is -0.466 e. The van der Waals surface area contributed by atoms with E-state index in [0.717, 1.165) is 6.08 Å². The highest BCUT2D eigenvalue weighted by Gasteiger charge is 2.46. The van der Waals surface area contributed by atoms with Gasteiger partial charge in [-0.2, -0.15) is 0 Å². The molecule has 0 aliphatic heterocycles. The van der Waals surface area contributed by atoms with Gasteiger partial charge in [-0.25, -0.2) is 4.79 Å². The van der Waals surface area contributed by atoms with Crippen molar-refractivity contribution < 1.29 is 22.2 Å². The zero-order valence-electron chi connectivity index (χ0n) is 14.5. The van der Waals surface area contributed by atoms with Gasteiger partial charge in [0.25, 0.3) is 0 Å². The summed E-state index contributed by atoms with van der Waals surface area (Å²) in [5, 5.41) is 11.0. The Labute approximate surface area is 122 Å². The first kappa shape index (κ1) is 13.3. The molecule has 0 amide bonds. The van der Waals surface area contributed by atoms with Crippen molar-refractivity contribution >= 4 is 11.8 Å². The van der Waals surface area contributed by atoms with E-state index in [1.165, 1.54) is 20.1 Å². The number of aliphatic hydroxyl groups is 1. The molecule has 1 atom stereocenters. The van der Waals surface area contributed by atoms with E-state index in [1.807, 2.05) is 0 Å². The molecule has 20 heavy (non-hydrogen) atoms. The minimum atomic E-state index is -1.73. The number of esters is 1. The Morgan fingerprint density at radius 2 is 2.15 bits per heavy atom. The van der Waals surface area contributed by atoms with E-state index in [0.29, 0.717) is 5.57 Å². The van der Waals surface area contributed by atoms with Crippen LogP contribution in [-0.4, -0.2) is 29.6 Å². The number of rotatable bonds is 3. The molecule has 4 heteroatoms. The summed E-state index contributed by atoms with van der Waals surface area (Å²) < 4.78 is 20.8. The van der Waals surface area contributed by atoms with Crippen LogP contribution in [0.15, 0.2) is 35.4 Å². The van der Waals surface area contributed by atoms with E-state index in [-0.39, 0.29) is 29.9 Å². The number of ether oxygens (including phenoxy) is 1. The SMILES string of the molecule is [2H]C(/C(C)=C\C(=O)OC)=C(/[2H])C1(O)C(C)=CC(=O)CC1(C)C. The molecule has 0 aromatic rings. The van der Waals surface area contributed by atoms with Crippen LogP contribution in [0.1, 0.15) is 36.9 Å². The number of allylic oxidation sites excluding steroid dienone is 3. The Kier molecular flexibility index (Phi) is 3.83. The van der Waals surface area contributed by atoms with Gasteiger partial charge in [0.15, 0.2) is 5.78 Å². The first-order valence-electron chi connectivity index (χ1n) is 7.36. The Bertz CT molecular complexity index is 599. The molecular weight excluding hydrogens is 256 g/mol. The van der Waals surface area contributed by atoms with Crippen LogP contribution in [-0.2, 0) is 14.3 Å². The number of hydrogen-bond acceptors (Lipinski definition) is 4. The van der Waals surface area contributed by atoms with Gasteiger partial charge in [-0.1, -0.05) is 19.9 Å². The number of carbonyl (C=O) groups is 2. The van der Waals surface area contributed by atoms with Gasteiger partial charge in [-0.15, -0.1) is 0 Å². The molecule has 1 rings (SSSR count). The molecule has 4 nitrogen and oxygen atoms in total. The second-order valence-corrected chi connectivity index (χ2v) is 5.67. The van der Waals surface area contributed by atoms with E-state index >= 15 is 0 Å². The second-order valence-electron chi connectivity index (χ2n) is 5.67. The average Bonchev–Trinajstić information content (AvgIpc) is 2.41. The number of carbonyl (C=O) groups excluding carboxylic acids is 2. The molecule has 1 aliphatic carbocycles. The highest BCUT2D eigenvalue weighted by Crippen LogP contribution is 2.44. The van der Waals surface area contributed by atoms with Crippen molar-refractivity contribution in [2.75, 3.05) is 7.11 Å². The molecule has 1 aliphatic rings. The fraction of sp³-hybridized carbons (Fsp3) is 0.500. The number of methoxy groups -OCH3 is 1. The third-order valence-electron chi connectivity index (χ3n) is 3.52. The average molecular weight is 280 g/mol. The molecule has 0 spiro atoms. The highest BCUT2D eigenvalue weighted by atomic mass is 16.5. The molecule has 0 aromatic heterocycles. The smallest absolute Gasteiger partial charge is 0.330 e. The zero-order chi connectivity index (χ0) is 17.3. The normalized spacial score (nSPS) is 29.0. The van der Waals surface area contributed by atoms with Gasteiger partial charge in [0.1, 0.15) is 5.60 Å². The van der Waals surface area contributed by atoms with Crippen molar-refractivity contribution in [1.82, 2.24) is 0 Å². The minimum absolute atomic E-state index is 0.0796. The first-order chi connectivity index (χ1) is 9.97. The standard InChI is InChI=1S/C16H22O4/c1-11(8-14(18)20-5)6-7-16(19)12(2)9-13(17)10-15(16,3)4/h6-9,19H,10H2,1-5H3/b7-6+,11-8-/i6D,7D. The predicted octanol–water partition coefficient (Wildman–Crippen LogP) is 2.34. The molecule has 110 valence electrons. The van der Waals surface area contributed by atoms with Crippen LogP contribution >= 0.6 is 0 Å². The van der Waals surface area contributed by atoms with Gasteiger partial charge in [0.05, 0.1) is 9.85 Å². The fourth-order valence-electron chi connectivity index (χ4n) is 2.22. The maximum atomic E-state index is 11.7. The molecule has 0 radical (unpaired) electrons. The lowest BCUT2D eigenvalue weighted by molar-refractivity contribution is -0.134. The Morgan fingerprint density at radius 3 is 2.65 bits per heavy atom. The van der Waals surface area contributed by atoms with E-state index in [1.54, 1.807) is 20.8 Å². The van der Waals surface area contributed by atoms with Crippen LogP contribution in [0.3, 0.4) is 0 Å². The third-order valence-corrected chi connectivity index (χ3v) is 3.52. The van der Waals surface area contributed by atoms with Gasteiger partial charge < -0.3 is 9.84 Å². The summed E-state index contributed by atoms with van der Waals surface area (Å²) >= 11 is 0. The topological polar surface area (TPSA) is 63.6 Å². The van der Waals surface area contributed by atoms with Crippen LogP contribution in [0.4, 0.5) is 0 Å². The maximum absolute atomic E-state index is 11.7. The first-order valence-corrected chi connectivity index (χ1v) is 6.36. The van der Waals surface area contributed by atoms with Crippen LogP contribution in [0.2, 0.25) is 0 Å². The summed E-state index contributed by atoms with van der Waals surface area (Å²) in [4.78, 5) is 23.0. The lowest BCUT2D eigenvalue weighted by Gasteiger charge is -2.43. The van der Waals surface area contributed by atoms with E-state index < -0.39 is 17.0 Å². The summed E-state index contributed by atoms with van der Waals surface area (Å²) in [5.41, 5.74) is -2.11. The fourth-order valence-corrected chi connectivity index (χ4v) is 2.22. The van der Waals surface area contributed by atoms with Gasteiger partial charge in [0.2, 0.25) is 0 Å². The van der Waals surface area contributed by atoms with Gasteiger partial charge in [-0.3, -0.25) is 4.79 Å². The molecule has 1 unspecified atom stereocenters. The number of hydrogen-bond donors (Lipinski definition) is 1. The van der Waals surface area contributed by atoms with E-state index in [9.17, 15) is 14.7 Å². The molecule has 0 fully saturated rings. The Balaban J connectivity index is 3.46. The number of ketones is 1. The van der Waals surface area contributed by atoms with Crippen LogP contribution in [0.25, 0.3) is 0 Å². The monoisotopic (exact) mass is 280 g/mol.